The van der Waals surface area contributed by atoms with Crippen molar-refractivity contribution >= 4 is 5.69 Å². The van der Waals surface area contributed by atoms with Crippen LogP contribution in [-0.4, -0.2) is 6.36 Å². The van der Waals surface area contributed by atoms with Gasteiger partial charge in [-0.05, 0) is 41.5 Å². The molecule has 0 saturated heterocycles. The predicted molar refractivity (Wildman–Crippen MR) is 62.9 cm³/mol. The highest BCUT2D eigenvalue weighted by molar-refractivity contribution is 5.68. The smallest absolute Gasteiger partial charge is 0.406 e. The van der Waals surface area contributed by atoms with Gasteiger partial charge in [0.1, 0.15) is 11.6 Å². The highest BCUT2D eigenvalue weighted by Crippen LogP contribution is 2.27. The van der Waals surface area contributed by atoms with Gasteiger partial charge in [-0.25, -0.2) is 4.39 Å². The van der Waals surface area contributed by atoms with Crippen LogP contribution in [0.4, 0.5) is 23.2 Å². The van der Waals surface area contributed by atoms with Crippen LogP contribution in [0, 0.1) is 5.82 Å². The van der Waals surface area contributed by atoms with Gasteiger partial charge in [0.15, 0.2) is 0 Å². The van der Waals surface area contributed by atoms with E-state index in [2.05, 4.69) is 4.74 Å². The number of anilines is 1. The zero-order valence-electron chi connectivity index (χ0n) is 9.54. The van der Waals surface area contributed by atoms with Gasteiger partial charge in [-0.2, -0.15) is 0 Å². The van der Waals surface area contributed by atoms with E-state index in [1.165, 1.54) is 24.3 Å². The molecule has 2 rings (SSSR count). The summed E-state index contributed by atoms with van der Waals surface area (Å²) in [5.74, 6) is -0.841. The number of benzene rings is 2. The maximum absolute atomic E-state index is 13.2. The van der Waals surface area contributed by atoms with Crippen molar-refractivity contribution in [2.45, 2.75) is 6.36 Å². The molecule has 2 N–H and O–H groups in total. The van der Waals surface area contributed by atoms with Gasteiger partial charge >= 0.3 is 6.36 Å². The normalized spacial score (nSPS) is 11.4. The van der Waals surface area contributed by atoms with Crippen LogP contribution in [0.2, 0.25) is 0 Å². The van der Waals surface area contributed by atoms with E-state index in [1.54, 1.807) is 0 Å². The second-order valence-corrected chi connectivity index (χ2v) is 3.85. The van der Waals surface area contributed by atoms with Crippen LogP contribution in [-0.2, 0) is 0 Å². The Morgan fingerprint density at radius 2 is 1.53 bits per heavy atom. The van der Waals surface area contributed by atoms with Gasteiger partial charge in [0, 0.05) is 5.69 Å². The molecule has 0 saturated carbocycles. The van der Waals surface area contributed by atoms with Crippen molar-refractivity contribution in [3.05, 3.63) is 48.3 Å². The van der Waals surface area contributed by atoms with Crippen molar-refractivity contribution < 1.29 is 22.3 Å². The largest absolute Gasteiger partial charge is 0.573 e. The lowest BCUT2D eigenvalue weighted by Gasteiger charge is -2.09. The molecule has 2 aromatic rings. The highest BCUT2D eigenvalue weighted by atomic mass is 19.4. The van der Waals surface area contributed by atoms with E-state index in [0.717, 1.165) is 18.2 Å². The minimum Gasteiger partial charge on any atom is -0.406 e. The molecule has 0 amide bonds. The molecule has 100 valence electrons. The quantitative estimate of drug-likeness (QED) is 0.662. The number of halogens is 4. The Bertz CT molecular complexity index is 558. The predicted octanol–water partition coefficient (Wildman–Crippen LogP) is 3.97. The number of hydrogen-bond acceptors (Lipinski definition) is 2. The number of ether oxygens (including phenoxy) is 1. The first kappa shape index (κ1) is 13.2. The van der Waals surface area contributed by atoms with E-state index in [0.29, 0.717) is 11.1 Å². The Labute approximate surface area is 106 Å². The van der Waals surface area contributed by atoms with Crippen LogP contribution in [0.5, 0.6) is 5.75 Å². The van der Waals surface area contributed by atoms with Crippen molar-refractivity contribution in [1.29, 1.82) is 0 Å². The van der Waals surface area contributed by atoms with Crippen molar-refractivity contribution in [2.24, 2.45) is 0 Å². The molecule has 0 heterocycles. The van der Waals surface area contributed by atoms with Crippen LogP contribution in [0.1, 0.15) is 0 Å². The van der Waals surface area contributed by atoms with Crippen molar-refractivity contribution in [1.82, 2.24) is 0 Å². The van der Waals surface area contributed by atoms with Gasteiger partial charge in [-0.1, -0.05) is 12.1 Å². The Balaban J connectivity index is 2.27. The fourth-order valence-electron chi connectivity index (χ4n) is 1.63. The molecule has 0 bridgehead atoms. The summed E-state index contributed by atoms with van der Waals surface area (Å²) >= 11 is 0. The summed E-state index contributed by atoms with van der Waals surface area (Å²) in [4.78, 5) is 0. The van der Waals surface area contributed by atoms with Crippen molar-refractivity contribution in [3.8, 4) is 16.9 Å². The average molecular weight is 271 g/mol. The third-order valence-electron chi connectivity index (χ3n) is 2.34. The second kappa shape index (κ2) is 4.79. The van der Waals surface area contributed by atoms with Crippen LogP contribution >= 0.6 is 0 Å². The SMILES string of the molecule is Nc1cc(F)cc(-c2ccc(OC(F)(F)F)cc2)c1. The third kappa shape index (κ3) is 3.61. The molecule has 2 aromatic carbocycles. The van der Waals surface area contributed by atoms with Gasteiger partial charge in [-0.15, -0.1) is 13.2 Å². The minimum absolute atomic E-state index is 0.241. The molecule has 0 aromatic heterocycles. The van der Waals surface area contributed by atoms with Gasteiger partial charge in [0.05, 0.1) is 0 Å². The van der Waals surface area contributed by atoms with Crippen molar-refractivity contribution in [3.63, 3.8) is 0 Å². The van der Waals surface area contributed by atoms with Gasteiger partial charge in [-0.3, -0.25) is 0 Å². The first-order valence-corrected chi connectivity index (χ1v) is 5.26. The Morgan fingerprint density at radius 3 is 2.05 bits per heavy atom. The minimum atomic E-state index is -4.73. The van der Waals surface area contributed by atoms with Gasteiger partial charge < -0.3 is 10.5 Å². The van der Waals surface area contributed by atoms with E-state index in [-0.39, 0.29) is 11.4 Å². The Morgan fingerprint density at radius 1 is 0.895 bits per heavy atom. The number of nitrogens with two attached hydrogens (primary N) is 1. The summed E-state index contributed by atoms with van der Waals surface area (Å²) in [6, 6.07) is 9.04. The van der Waals surface area contributed by atoms with Crippen LogP contribution in [0.3, 0.4) is 0 Å². The molecular formula is C13H9F4NO. The lowest BCUT2D eigenvalue weighted by atomic mass is 10.0. The van der Waals surface area contributed by atoms with E-state index in [4.69, 9.17) is 5.73 Å². The number of rotatable bonds is 2. The molecule has 0 aliphatic carbocycles. The summed E-state index contributed by atoms with van der Waals surface area (Å²) in [7, 11) is 0. The van der Waals surface area contributed by atoms with Crippen molar-refractivity contribution in [2.75, 3.05) is 5.73 Å². The van der Waals surface area contributed by atoms with E-state index < -0.39 is 12.2 Å². The van der Waals surface area contributed by atoms with Crippen LogP contribution in [0.25, 0.3) is 11.1 Å². The van der Waals surface area contributed by atoms with E-state index in [1.807, 2.05) is 0 Å². The van der Waals surface area contributed by atoms with E-state index in [9.17, 15) is 17.6 Å². The molecule has 19 heavy (non-hydrogen) atoms. The average Bonchev–Trinajstić information content (AvgIpc) is 2.26. The third-order valence-corrected chi connectivity index (χ3v) is 2.34. The summed E-state index contributed by atoms with van der Waals surface area (Å²) in [5, 5.41) is 0. The lowest BCUT2D eigenvalue weighted by molar-refractivity contribution is -0.274. The fraction of sp³-hybridized carbons (Fsp3) is 0.0769. The summed E-state index contributed by atoms with van der Waals surface area (Å²) < 4.78 is 52.9. The first-order chi connectivity index (χ1) is 8.83. The lowest BCUT2D eigenvalue weighted by Crippen LogP contribution is -2.16. The van der Waals surface area contributed by atoms with E-state index >= 15 is 0 Å². The zero-order chi connectivity index (χ0) is 14.0. The van der Waals surface area contributed by atoms with Gasteiger partial charge in [0.2, 0.25) is 0 Å². The maximum Gasteiger partial charge on any atom is 0.573 e. The summed E-state index contributed by atoms with van der Waals surface area (Å²) in [6.07, 6.45) is -4.73. The summed E-state index contributed by atoms with van der Waals surface area (Å²) in [5.41, 5.74) is 6.76. The second-order valence-electron chi connectivity index (χ2n) is 3.85. The molecule has 6 heteroatoms. The molecule has 0 aliphatic rings. The standard InChI is InChI=1S/C13H9F4NO/c14-10-5-9(6-11(18)7-10)8-1-3-12(4-2-8)19-13(15,16)17/h1-7H,18H2. The highest BCUT2D eigenvalue weighted by Gasteiger charge is 2.30. The molecule has 0 spiro atoms. The molecule has 0 unspecified atom stereocenters. The van der Waals surface area contributed by atoms with Gasteiger partial charge in [0.25, 0.3) is 0 Å². The number of nitrogen functional groups attached to an aromatic ring is 1. The molecule has 0 atom stereocenters. The van der Waals surface area contributed by atoms with Crippen LogP contribution in [0.15, 0.2) is 42.5 Å². The molecule has 0 aliphatic heterocycles. The summed E-state index contributed by atoms with van der Waals surface area (Å²) in [6.45, 7) is 0. The molecular weight excluding hydrogens is 262 g/mol. The Hall–Kier alpha value is -2.24. The molecule has 2 nitrogen and oxygen atoms in total. The number of alkyl halides is 3. The molecule has 0 fully saturated rings. The number of hydrogen-bond donors (Lipinski definition) is 1. The van der Waals surface area contributed by atoms with Crippen LogP contribution < -0.4 is 10.5 Å². The fourth-order valence-corrected chi connectivity index (χ4v) is 1.63. The monoisotopic (exact) mass is 271 g/mol. The first-order valence-electron chi connectivity index (χ1n) is 5.26. The topological polar surface area (TPSA) is 35.2 Å². The Kier molecular flexibility index (Phi) is 3.33. The zero-order valence-corrected chi connectivity index (χ0v) is 9.54. The maximum atomic E-state index is 13.2. The molecule has 0 radical (unpaired) electrons.